The number of anilines is 1. The number of hydrogen-bond acceptors (Lipinski definition) is 4. The van der Waals surface area contributed by atoms with Crippen LogP contribution < -0.4 is 16.4 Å². The van der Waals surface area contributed by atoms with E-state index in [1.54, 1.807) is 31.2 Å². The average Bonchev–Trinajstić information content (AvgIpc) is 2.89. The van der Waals surface area contributed by atoms with Gasteiger partial charge in [0, 0.05) is 5.39 Å². The van der Waals surface area contributed by atoms with Crippen LogP contribution in [0, 0.1) is 11.3 Å². The van der Waals surface area contributed by atoms with E-state index < -0.39 is 23.9 Å². The Morgan fingerprint density at radius 1 is 1.22 bits per heavy atom. The predicted molar refractivity (Wildman–Crippen MR) is 102 cm³/mol. The zero-order chi connectivity index (χ0) is 20.4. The maximum absolute atomic E-state index is 12.9. The lowest BCUT2D eigenvalue weighted by Gasteiger charge is -2.29. The molecule has 0 saturated carbocycles. The topological polar surface area (TPSA) is 135 Å². The predicted octanol–water partition coefficient (Wildman–Crippen LogP) is 3.18. The minimum absolute atomic E-state index is 0.0984. The number of para-hydroxylation sites is 1. The Morgan fingerprint density at radius 2 is 1.85 bits per heavy atom. The van der Waals surface area contributed by atoms with Gasteiger partial charge in [0.05, 0.1) is 0 Å². The van der Waals surface area contributed by atoms with Crippen LogP contribution in [-0.4, -0.2) is 29.1 Å². The first-order valence-corrected chi connectivity index (χ1v) is 8.61. The molecule has 0 aliphatic carbocycles. The maximum Gasteiger partial charge on any atom is 0.405 e. The van der Waals surface area contributed by atoms with E-state index in [1.165, 1.54) is 0 Å². The van der Waals surface area contributed by atoms with Crippen molar-refractivity contribution < 1.29 is 23.9 Å². The van der Waals surface area contributed by atoms with Crippen molar-refractivity contribution in [2.45, 2.75) is 40.2 Å². The molecule has 0 aliphatic heterocycles. The van der Waals surface area contributed by atoms with Crippen LogP contribution in [0.5, 0.6) is 0 Å². The highest BCUT2D eigenvalue weighted by molar-refractivity contribution is 6.11. The Kier molecular flexibility index (Phi) is 5.78. The van der Waals surface area contributed by atoms with Crippen molar-refractivity contribution in [3.05, 3.63) is 30.0 Å². The summed E-state index contributed by atoms with van der Waals surface area (Å²) >= 11 is 0. The molecule has 27 heavy (non-hydrogen) atoms. The molecular weight excluding hydrogens is 350 g/mol. The van der Waals surface area contributed by atoms with Crippen molar-refractivity contribution in [2.75, 3.05) is 5.32 Å². The minimum Gasteiger partial charge on any atom is -0.465 e. The quantitative estimate of drug-likeness (QED) is 0.615. The molecule has 0 fully saturated rings. The van der Waals surface area contributed by atoms with Crippen LogP contribution >= 0.6 is 0 Å². The lowest BCUT2D eigenvalue weighted by Crippen LogP contribution is -2.48. The summed E-state index contributed by atoms with van der Waals surface area (Å²) < 4.78 is 5.44. The van der Waals surface area contributed by atoms with Gasteiger partial charge in [-0.2, -0.15) is 0 Å². The fourth-order valence-corrected chi connectivity index (χ4v) is 3.23. The van der Waals surface area contributed by atoms with Gasteiger partial charge in [0.25, 0.3) is 5.91 Å². The molecule has 8 heteroatoms. The molecule has 2 rings (SSSR count). The average molecular weight is 375 g/mol. The fraction of sp³-hybridized carbons (Fsp3) is 0.421. The molecule has 0 bridgehead atoms. The lowest BCUT2D eigenvalue weighted by atomic mass is 9.82. The number of carbonyl (C=O) groups excluding carboxylic acids is 2. The summed E-state index contributed by atoms with van der Waals surface area (Å²) in [5, 5.41) is 14.5. The van der Waals surface area contributed by atoms with Gasteiger partial charge in [-0.1, -0.05) is 39.8 Å². The monoisotopic (exact) mass is 375 g/mol. The van der Waals surface area contributed by atoms with Crippen molar-refractivity contribution in [3.63, 3.8) is 0 Å². The first-order valence-electron chi connectivity index (χ1n) is 8.61. The number of fused-ring (bicyclic) bond motifs is 1. The molecule has 0 spiro atoms. The van der Waals surface area contributed by atoms with E-state index in [4.69, 9.17) is 15.3 Å². The highest BCUT2D eigenvalue weighted by Gasteiger charge is 2.31. The van der Waals surface area contributed by atoms with Gasteiger partial charge >= 0.3 is 6.09 Å². The fourth-order valence-electron chi connectivity index (χ4n) is 3.23. The number of rotatable bonds is 6. The molecule has 146 valence electrons. The Balaban J connectivity index is 2.37. The summed E-state index contributed by atoms with van der Waals surface area (Å²) in [6, 6.07) is 5.78. The third-order valence-electron chi connectivity index (χ3n) is 4.13. The number of carboxylic acid groups (broad SMARTS) is 1. The van der Waals surface area contributed by atoms with E-state index in [2.05, 4.69) is 10.6 Å². The van der Waals surface area contributed by atoms with Crippen molar-refractivity contribution in [1.29, 1.82) is 0 Å². The van der Waals surface area contributed by atoms with Crippen LogP contribution in [0.3, 0.4) is 0 Å². The summed E-state index contributed by atoms with van der Waals surface area (Å²) in [6.45, 7) is 7.82. The third kappa shape index (κ3) is 4.99. The summed E-state index contributed by atoms with van der Waals surface area (Å²) in [4.78, 5) is 35.8. The summed E-state index contributed by atoms with van der Waals surface area (Å²) in [6.07, 6.45) is -0.691. The third-order valence-corrected chi connectivity index (χ3v) is 4.13. The first kappa shape index (κ1) is 20.3. The van der Waals surface area contributed by atoms with Crippen LogP contribution in [-0.2, 0) is 4.79 Å². The van der Waals surface area contributed by atoms with Gasteiger partial charge in [-0.15, -0.1) is 0 Å². The van der Waals surface area contributed by atoms with E-state index in [1.807, 2.05) is 20.8 Å². The molecule has 1 unspecified atom stereocenters. The molecule has 1 heterocycles. The van der Waals surface area contributed by atoms with E-state index in [0.29, 0.717) is 17.4 Å². The molecule has 5 N–H and O–H groups in total. The van der Waals surface area contributed by atoms with Gasteiger partial charge in [-0.05, 0) is 29.9 Å². The summed E-state index contributed by atoms with van der Waals surface area (Å²) in [5.41, 5.74) is 5.80. The van der Waals surface area contributed by atoms with Crippen LogP contribution in [0.1, 0.15) is 44.7 Å². The molecule has 2 aromatic rings. The van der Waals surface area contributed by atoms with E-state index >= 15 is 0 Å². The maximum atomic E-state index is 12.9. The second-order valence-corrected chi connectivity index (χ2v) is 7.83. The second-order valence-electron chi connectivity index (χ2n) is 7.83. The van der Waals surface area contributed by atoms with E-state index in [-0.39, 0.29) is 22.8 Å². The Bertz CT molecular complexity index is 866. The zero-order valence-corrected chi connectivity index (χ0v) is 15.8. The number of benzene rings is 1. The van der Waals surface area contributed by atoms with Gasteiger partial charge in [0.15, 0.2) is 0 Å². The van der Waals surface area contributed by atoms with Crippen molar-refractivity contribution in [1.82, 2.24) is 5.32 Å². The van der Waals surface area contributed by atoms with Gasteiger partial charge in [0.2, 0.25) is 11.7 Å². The van der Waals surface area contributed by atoms with Gasteiger partial charge in [-0.25, -0.2) is 4.79 Å². The first-order chi connectivity index (χ1) is 12.5. The normalized spacial score (nSPS) is 13.8. The SMILES string of the molecule is C[C@H](CC(C)(C)C)C(NC(=O)O)C(=O)Nc1c(C(N)=O)oc2ccccc12. The number of hydrogen-bond donors (Lipinski definition) is 4. The van der Waals surface area contributed by atoms with Crippen LogP contribution in [0.25, 0.3) is 11.0 Å². The lowest BCUT2D eigenvalue weighted by molar-refractivity contribution is -0.119. The second kappa shape index (κ2) is 7.69. The highest BCUT2D eigenvalue weighted by Crippen LogP contribution is 2.32. The molecule has 1 aromatic carbocycles. The van der Waals surface area contributed by atoms with Crippen LogP contribution in [0.4, 0.5) is 10.5 Å². The Hall–Kier alpha value is -3.03. The largest absolute Gasteiger partial charge is 0.465 e. The summed E-state index contributed by atoms with van der Waals surface area (Å²) in [5.74, 6) is -1.87. The number of nitrogens with two attached hydrogens (primary N) is 1. The Morgan fingerprint density at radius 3 is 2.41 bits per heavy atom. The van der Waals surface area contributed by atoms with Crippen molar-refractivity contribution in [2.24, 2.45) is 17.1 Å². The van der Waals surface area contributed by atoms with Crippen molar-refractivity contribution >= 4 is 34.6 Å². The van der Waals surface area contributed by atoms with E-state index in [9.17, 15) is 14.4 Å². The van der Waals surface area contributed by atoms with Crippen LogP contribution in [0.15, 0.2) is 28.7 Å². The minimum atomic E-state index is -1.30. The van der Waals surface area contributed by atoms with E-state index in [0.717, 1.165) is 0 Å². The molecule has 0 aliphatic rings. The number of carbonyl (C=O) groups is 3. The van der Waals surface area contributed by atoms with Gasteiger partial charge < -0.3 is 25.9 Å². The number of furan rings is 1. The summed E-state index contributed by atoms with van der Waals surface area (Å²) in [7, 11) is 0. The molecular formula is C19H25N3O5. The molecule has 8 nitrogen and oxygen atoms in total. The molecule has 2 atom stereocenters. The standard InChI is InChI=1S/C19H25N3O5/c1-10(9-19(2,3)4)13(22-18(25)26)17(24)21-14-11-7-5-6-8-12(11)27-15(14)16(20)23/h5-8,10,13,22H,9H2,1-4H3,(H2,20,23)(H,21,24)(H,25,26)/t10-,13?/m1/s1. The molecule has 0 radical (unpaired) electrons. The smallest absolute Gasteiger partial charge is 0.405 e. The molecule has 3 amide bonds. The number of nitrogens with one attached hydrogen (secondary N) is 2. The molecule has 1 aromatic heterocycles. The highest BCUT2D eigenvalue weighted by atomic mass is 16.4. The van der Waals surface area contributed by atoms with Gasteiger partial charge in [-0.3, -0.25) is 9.59 Å². The Labute approximate surface area is 157 Å². The number of amides is 3. The molecule has 0 saturated heterocycles. The number of primary amides is 1. The van der Waals surface area contributed by atoms with Crippen molar-refractivity contribution in [3.8, 4) is 0 Å². The van der Waals surface area contributed by atoms with Crippen LogP contribution in [0.2, 0.25) is 0 Å². The zero-order valence-electron chi connectivity index (χ0n) is 15.8. The van der Waals surface area contributed by atoms with Gasteiger partial charge in [0.1, 0.15) is 17.3 Å².